The van der Waals surface area contributed by atoms with Gasteiger partial charge in [-0.1, -0.05) is 212 Å². The van der Waals surface area contributed by atoms with Crippen molar-refractivity contribution in [1.29, 1.82) is 0 Å². The van der Waals surface area contributed by atoms with Crippen molar-refractivity contribution in [2.75, 3.05) is 0 Å². The number of benzene rings is 9. The molecule has 1 aliphatic carbocycles. The predicted molar refractivity (Wildman–Crippen MR) is 259 cm³/mol. The van der Waals surface area contributed by atoms with Crippen LogP contribution in [0.15, 0.2) is 231 Å². The lowest BCUT2D eigenvalue weighted by Gasteiger charge is -2.33. The average molecular weight is 807 g/mol. The van der Waals surface area contributed by atoms with Crippen molar-refractivity contribution in [2.45, 2.75) is 5.41 Å². The first-order valence-electron chi connectivity index (χ1n) is 21.2. The molecular formula is C59H38N2S. The minimum atomic E-state index is -0.467. The lowest BCUT2D eigenvalue weighted by molar-refractivity contribution is 0.768. The molecule has 3 heteroatoms. The van der Waals surface area contributed by atoms with Gasteiger partial charge in [0.05, 0.1) is 16.8 Å². The van der Waals surface area contributed by atoms with E-state index in [0.717, 1.165) is 33.6 Å². The fraction of sp³-hybridized carbons (Fsp3) is 0.0169. The van der Waals surface area contributed by atoms with Gasteiger partial charge in [-0.25, -0.2) is 9.97 Å². The summed E-state index contributed by atoms with van der Waals surface area (Å²) < 4.78 is 2.60. The Morgan fingerprint density at radius 2 is 0.839 bits per heavy atom. The zero-order valence-corrected chi connectivity index (χ0v) is 34.6. The van der Waals surface area contributed by atoms with Crippen LogP contribution in [0.5, 0.6) is 0 Å². The Kier molecular flexibility index (Phi) is 8.62. The molecule has 0 aliphatic heterocycles. The SMILES string of the molecule is c1ccc(-c2nc(-c3ccc4c(c3)-c3ccccc3C4(c3ccccc3)c3ccccc3)cc(-c3ccccc3-c3ccccc3-c3cccc4c3sc3ccccc34)n2)cc1. The molecule has 0 unspecified atom stereocenters. The van der Waals surface area contributed by atoms with Gasteiger partial charge in [0, 0.05) is 42.4 Å². The van der Waals surface area contributed by atoms with Crippen LogP contribution in [-0.2, 0) is 5.41 Å². The highest BCUT2D eigenvalue weighted by atomic mass is 32.1. The number of fused-ring (bicyclic) bond motifs is 6. The van der Waals surface area contributed by atoms with Crippen molar-refractivity contribution in [3.8, 4) is 67.3 Å². The maximum absolute atomic E-state index is 5.37. The van der Waals surface area contributed by atoms with Gasteiger partial charge in [0.15, 0.2) is 5.82 Å². The van der Waals surface area contributed by atoms with E-state index in [1.54, 1.807) is 0 Å². The largest absolute Gasteiger partial charge is 0.228 e. The van der Waals surface area contributed by atoms with Crippen LogP contribution in [0.4, 0.5) is 0 Å². The number of aromatic nitrogens is 2. The summed E-state index contributed by atoms with van der Waals surface area (Å²) >= 11 is 1.87. The third-order valence-corrected chi connectivity index (χ3v) is 13.8. The van der Waals surface area contributed by atoms with Gasteiger partial charge in [0.25, 0.3) is 0 Å². The Morgan fingerprint density at radius 3 is 1.56 bits per heavy atom. The molecule has 290 valence electrons. The second kappa shape index (κ2) is 14.8. The third-order valence-electron chi connectivity index (χ3n) is 12.6. The molecular weight excluding hydrogens is 769 g/mol. The van der Waals surface area contributed by atoms with Gasteiger partial charge in [0.1, 0.15) is 0 Å². The van der Waals surface area contributed by atoms with Crippen LogP contribution < -0.4 is 0 Å². The topological polar surface area (TPSA) is 25.8 Å². The van der Waals surface area contributed by atoms with E-state index in [1.807, 2.05) is 17.4 Å². The van der Waals surface area contributed by atoms with Crippen LogP contribution >= 0.6 is 11.3 Å². The lowest BCUT2D eigenvalue weighted by atomic mass is 9.67. The second-order valence-corrected chi connectivity index (χ2v) is 17.0. The third kappa shape index (κ3) is 5.70. The first-order chi connectivity index (χ1) is 30.8. The van der Waals surface area contributed by atoms with Crippen molar-refractivity contribution in [3.63, 3.8) is 0 Å². The molecule has 11 aromatic rings. The van der Waals surface area contributed by atoms with Gasteiger partial charge >= 0.3 is 0 Å². The van der Waals surface area contributed by atoms with Crippen molar-refractivity contribution >= 4 is 31.5 Å². The summed E-state index contributed by atoms with van der Waals surface area (Å²) in [6.45, 7) is 0. The Morgan fingerprint density at radius 1 is 0.323 bits per heavy atom. The molecule has 0 radical (unpaired) electrons. The van der Waals surface area contributed by atoms with Gasteiger partial charge in [-0.3, -0.25) is 0 Å². The van der Waals surface area contributed by atoms with Crippen molar-refractivity contribution < 1.29 is 0 Å². The van der Waals surface area contributed by atoms with E-state index in [4.69, 9.17) is 9.97 Å². The quantitative estimate of drug-likeness (QED) is 0.160. The summed E-state index contributed by atoms with van der Waals surface area (Å²) in [4.78, 5) is 10.7. The summed E-state index contributed by atoms with van der Waals surface area (Å²) in [6.07, 6.45) is 0. The number of hydrogen-bond donors (Lipinski definition) is 0. The lowest BCUT2D eigenvalue weighted by Crippen LogP contribution is -2.28. The van der Waals surface area contributed by atoms with E-state index in [0.29, 0.717) is 5.82 Å². The highest BCUT2D eigenvalue weighted by molar-refractivity contribution is 7.26. The van der Waals surface area contributed by atoms with Gasteiger partial charge in [0.2, 0.25) is 0 Å². The minimum absolute atomic E-state index is 0.467. The molecule has 2 nitrogen and oxygen atoms in total. The summed E-state index contributed by atoms with van der Waals surface area (Å²) in [5.41, 5.74) is 16.6. The molecule has 2 heterocycles. The van der Waals surface area contributed by atoms with E-state index in [9.17, 15) is 0 Å². The highest BCUT2D eigenvalue weighted by Gasteiger charge is 2.46. The molecule has 0 saturated heterocycles. The zero-order chi connectivity index (χ0) is 41.0. The first kappa shape index (κ1) is 36.2. The van der Waals surface area contributed by atoms with Gasteiger partial charge in [-0.2, -0.15) is 0 Å². The summed E-state index contributed by atoms with van der Waals surface area (Å²) in [7, 11) is 0. The Balaban J connectivity index is 1.05. The summed E-state index contributed by atoms with van der Waals surface area (Å²) in [5, 5.41) is 2.59. The van der Waals surface area contributed by atoms with Crippen molar-refractivity contribution in [3.05, 3.63) is 253 Å². The van der Waals surface area contributed by atoms with E-state index >= 15 is 0 Å². The Labute approximate surface area is 365 Å². The van der Waals surface area contributed by atoms with Crippen LogP contribution in [0.1, 0.15) is 22.3 Å². The van der Waals surface area contributed by atoms with Crippen LogP contribution in [0.2, 0.25) is 0 Å². The maximum atomic E-state index is 5.37. The second-order valence-electron chi connectivity index (χ2n) is 16.0. The molecule has 1 aliphatic rings. The summed E-state index contributed by atoms with van der Waals surface area (Å²) in [6, 6.07) is 83.3. The van der Waals surface area contributed by atoms with Crippen LogP contribution in [-0.4, -0.2) is 9.97 Å². The number of thiophene rings is 1. The van der Waals surface area contributed by atoms with Crippen LogP contribution in [0, 0.1) is 0 Å². The monoisotopic (exact) mass is 806 g/mol. The maximum Gasteiger partial charge on any atom is 0.160 e. The van der Waals surface area contributed by atoms with E-state index < -0.39 is 5.41 Å². The first-order valence-corrected chi connectivity index (χ1v) is 22.0. The number of hydrogen-bond acceptors (Lipinski definition) is 3. The van der Waals surface area contributed by atoms with Gasteiger partial charge in [-0.05, 0) is 68.3 Å². The summed E-state index contributed by atoms with van der Waals surface area (Å²) in [5.74, 6) is 0.694. The van der Waals surface area contributed by atoms with Gasteiger partial charge < -0.3 is 0 Å². The van der Waals surface area contributed by atoms with E-state index in [2.05, 4.69) is 224 Å². The molecule has 0 atom stereocenters. The molecule has 0 bridgehead atoms. The molecule has 0 fully saturated rings. The average Bonchev–Trinajstić information content (AvgIpc) is 3.89. The van der Waals surface area contributed by atoms with Crippen molar-refractivity contribution in [2.24, 2.45) is 0 Å². The molecule has 62 heavy (non-hydrogen) atoms. The smallest absolute Gasteiger partial charge is 0.160 e. The van der Waals surface area contributed by atoms with E-state index in [1.165, 1.54) is 70.2 Å². The molecule has 0 spiro atoms. The van der Waals surface area contributed by atoms with Crippen molar-refractivity contribution in [1.82, 2.24) is 9.97 Å². The fourth-order valence-electron chi connectivity index (χ4n) is 9.91. The molecule has 12 rings (SSSR count). The zero-order valence-electron chi connectivity index (χ0n) is 33.7. The van der Waals surface area contributed by atoms with Crippen LogP contribution in [0.3, 0.4) is 0 Å². The predicted octanol–water partition coefficient (Wildman–Crippen LogP) is 15.5. The molecule has 0 saturated carbocycles. The Hall–Kier alpha value is -7.72. The molecule has 9 aromatic carbocycles. The molecule has 0 N–H and O–H groups in total. The normalized spacial score (nSPS) is 12.6. The molecule has 2 aromatic heterocycles. The molecule has 0 amide bonds. The van der Waals surface area contributed by atoms with E-state index in [-0.39, 0.29) is 0 Å². The minimum Gasteiger partial charge on any atom is -0.228 e. The fourth-order valence-corrected chi connectivity index (χ4v) is 11.1. The number of nitrogens with zero attached hydrogens (tertiary/aromatic N) is 2. The van der Waals surface area contributed by atoms with Crippen LogP contribution in [0.25, 0.3) is 87.5 Å². The highest BCUT2D eigenvalue weighted by Crippen LogP contribution is 2.56. The van der Waals surface area contributed by atoms with Gasteiger partial charge in [-0.15, -0.1) is 11.3 Å². The Bertz CT molecular complexity index is 3420. The standard InChI is InChI=1S/C59H38N2S/c1-4-19-39(20-5-1)58-60-54(40-35-36-53-51(37-40)46-28-14-16-33-52(46)59(53,41-21-6-2-7-22-41)42-23-8-3-9-24-42)38-55(61-58)47-29-13-12-26-44(47)43-25-10-11-27-45(43)49-31-18-32-50-48-30-15-17-34-56(48)62-57(49)50/h1-38H. The number of rotatable bonds is 7.